The van der Waals surface area contributed by atoms with Crippen molar-refractivity contribution in [3.63, 3.8) is 0 Å². The Morgan fingerprint density at radius 1 is 1.23 bits per heavy atom. The highest BCUT2D eigenvalue weighted by atomic mass is 19.2. The maximum atomic E-state index is 14.4. The number of anilines is 1. The number of halogens is 2. The van der Waals surface area contributed by atoms with Gasteiger partial charge in [0.25, 0.3) is 0 Å². The molecule has 0 aliphatic carbocycles. The Bertz CT molecular complexity index is 1270. The van der Waals surface area contributed by atoms with E-state index in [1.54, 1.807) is 12.3 Å². The minimum atomic E-state index is -1.06. The lowest BCUT2D eigenvalue weighted by Crippen LogP contribution is -2.43. The van der Waals surface area contributed by atoms with Crippen molar-refractivity contribution in [3.8, 4) is 17.1 Å². The number of benzene rings is 1. The molecule has 35 heavy (non-hydrogen) atoms. The minimum absolute atomic E-state index is 0.0329. The van der Waals surface area contributed by atoms with Crippen LogP contribution in [-0.2, 0) is 4.79 Å². The fourth-order valence-corrected chi connectivity index (χ4v) is 4.66. The number of carbonyl (C=O) groups excluding carboxylic acids is 1. The van der Waals surface area contributed by atoms with E-state index in [1.807, 2.05) is 11.0 Å². The molecule has 9 nitrogen and oxygen atoms in total. The van der Waals surface area contributed by atoms with E-state index in [9.17, 15) is 13.6 Å². The summed E-state index contributed by atoms with van der Waals surface area (Å²) in [4.78, 5) is 19.2. The lowest BCUT2D eigenvalue weighted by atomic mass is 9.98. The molecule has 2 aliphatic heterocycles. The zero-order valence-electron chi connectivity index (χ0n) is 19.1. The van der Waals surface area contributed by atoms with Gasteiger partial charge in [0.2, 0.25) is 5.91 Å². The Morgan fingerprint density at radius 3 is 2.94 bits per heavy atom. The number of hydrogen-bond donors (Lipinski definition) is 2. The van der Waals surface area contributed by atoms with Crippen molar-refractivity contribution in [3.05, 3.63) is 53.7 Å². The molecule has 0 spiro atoms. The van der Waals surface area contributed by atoms with Gasteiger partial charge in [-0.15, -0.1) is 5.10 Å². The van der Waals surface area contributed by atoms with Crippen molar-refractivity contribution in [2.24, 2.45) is 5.92 Å². The van der Waals surface area contributed by atoms with Gasteiger partial charge in [0.15, 0.2) is 17.5 Å². The Morgan fingerprint density at radius 2 is 2.11 bits per heavy atom. The third-order valence-corrected chi connectivity index (χ3v) is 6.55. The Labute approximate surface area is 201 Å². The number of pyridine rings is 1. The molecule has 1 amide bonds. The average Bonchev–Trinajstić information content (AvgIpc) is 3.23. The maximum Gasteiger partial charge on any atom is 0.227 e. The van der Waals surface area contributed by atoms with Gasteiger partial charge in [-0.3, -0.25) is 4.79 Å². The second-order valence-corrected chi connectivity index (χ2v) is 8.80. The molecule has 3 aromatic rings. The number of tetrazole rings is 1. The van der Waals surface area contributed by atoms with Crippen LogP contribution in [0.2, 0.25) is 0 Å². The van der Waals surface area contributed by atoms with Crippen molar-refractivity contribution in [1.82, 2.24) is 35.4 Å². The normalized spacial score (nSPS) is 18.7. The van der Waals surface area contributed by atoms with Crippen LogP contribution in [0, 0.1) is 17.6 Å². The largest absolute Gasteiger partial charge is 0.383 e. The van der Waals surface area contributed by atoms with Crippen LogP contribution in [0.25, 0.3) is 22.6 Å². The summed E-state index contributed by atoms with van der Waals surface area (Å²) in [5.74, 6) is -1.52. The van der Waals surface area contributed by atoms with Gasteiger partial charge in [0, 0.05) is 25.8 Å². The highest BCUT2D eigenvalue weighted by Crippen LogP contribution is 2.31. The third-order valence-electron chi connectivity index (χ3n) is 6.55. The molecule has 1 atom stereocenters. The number of rotatable bonds is 4. The Hall–Kier alpha value is -3.73. The summed E-state index contributed by atoms with van der Waals surface area (Å²) < 4.78 is 29.3. The van der Waals surface area contributed by atoms with Crippen molar-refractivity contribution in [1.29, 1.82) is 0 Å². The molecule has 5 rings (SSSR count). The molecule has 2 aromatic heterocycles. The average molecular weight is 481 g/mol. The van der Waals surface area contributed by atoms with E-state index in [-0.39, 0.29) is 29.2 Å². The van der Waals surface area contributed by atoms with Gasteiger partial charge in [-0.05, 0) is 72.0 Å². The summed E-state index contributed by atoms with van der Waals surface area (Å²) in [6.45, 7) is 2.92. The summed E-state index contributed by atoms with van der Waals surface area (Å²) in [5.41, 5.74) is 8.26. The molecule has 0 bridgehead atoms. The fourth-order valence-electron chi connectivity index (χ4n) is 4.66. The summed E-state index contributed by atoms with van der Waals surface area (Å²) in [6, 6.07) is 5.59. The van der Waals surface area contributed by atoms with E-state index in [0.29, 0.717) is 18.7 Å². The number of aromatic nitrogens is 5. The molecule has 1 aromatic carbocycles. The van der Waals surface area contributed by atoms with Gasteiger partial charge in [-0.2, -0.15) is 4.68 Å². The van der Waals surface area contributed by atoms with E-state index in [2.05, 4.69) is 25.8 Å². The lowest BCUT2D eigenvalue weighted by Gasteiger charge is -2.28. The van der Waals surface area contributed by atoms with Crippen molar-refractivity contribution < 1.29 is 13.6 Å². The molecule has 11 heteroatoms. The van der Waals surface area contributed by atoms with Crippen molar-refractivity contribution >= 4 is 17.3 Å². The fraction of sp³-hybridized carbons (Fsp3) is 0.375. The third kappa shape index (κ3) is 4.63. The molecule has 182 valence electrons. The van der Waals surface area contributed by atoms with Gasteiger partial charge in [-0.1, -0.05) is 12.1 Å². The van der Waals surface area contributed by atoms with Gasteiger partial charge in [-0.25, -0.2) is 13.8 Å². The highest BCUT2D eigenvalue weighted by Gasteiger charge is 2.26. The lowest BCUT2D eigenvalue weighted by molar-refractivity contribution is -0.135. The summed E-state index contributed by atoms with van der Waals surface area (Å²) >= 11 is 0. The first-order valence-corrected chi connectivity index (χ1v) is 11.7. The number of hydrogen-bond acceptors (Lipinski definition) is 7. The summed E-state index contributed by atoms with van der Waals surface area (Å²) in [6.07, 6.45) is 7.25. The molecular formula is C24H26F2N8O. The van der Waals surface area contributed by atoms with E-state index < -0.39 is 11.6 Å². The molecule has 1 unspecified atom stereocenters. The summed E-state index contributed by atoms with van der Waals surface area (Å²) in [5, 5.41) is 14.8. The summed E-state index contributed by atoms with van der Waals surface area (Å²) in [7, 11) is 0. The van der Waals surface area contributed by atoms with Crippen LogP contribution in [0.1, 0.15) is 31.2 Å². The predicted molar refractivity (Wildman–Crippen MR) is 126 cm³/mol. The number of piperidine rings is 1. The van der Waals surface area contributed by atoms with Crippen molar-refractivity contribution in [2.75, 3.05) is 31.9 Å². The van der Waals surface area contributed by atoms with Gasteiger partial charge >= 0.3 is 0 Å². The molecule has 0 saturated carbocycles. The smallest absolute Gasteiger partial charge is 0.227 e. The highest BCUT2D eigenvalue weighted by molar-refractivity contribution is 5.80. The van der Waals surface area contributed by atoms with Gasteiger partial charge < -0.3 is 16.0 Å². The zero-order chi connectivity index (χ0) is 24.4. The molecule has 0 radical (unpaired) electrons. The van der Waals surface area contributed by atoms with Gasteiger partial charge in [0.1, 0.15) is 11.5 Å². The topological polar surface area (TPSA) is 115 Å². The minimum Gasteiger partial charge on any atom is -0.383 e. The zero-order valence-corrected chi connectivity index (χ0v) is 19.1. The number of nitrogens with one attached hydrogen (secondary N) is 1. The monoisotopic (exact) mass is 480 g/mol. The second-order valence-electron chi connectivity index (χ2n) is 8.80. The molecular weight excluding hydrogens is 454 g/mol. The second kappa shape index (κ2) is 9.87. The van der Waals surface area contributed by atoms with E-state index >= 15 is 0 Å². The van der Waals surface area contributed by atoms with Crippen LogP contribution in [0.4, 0.5) is 14.6 Å². The van der Waals surface area contributed by atoms with Crippen LogP contribution in [0.5, 0.6) is 0 Å². The number of amides is 1. The number of nitrogens with zero attached hydrogens (tertiary/aromatic N) is 6. The molecule has 2 aliphatic rings. The van der Waals surface area contributed by atoms with Crippen LogP contribution in [-0.4, -0.2) is 62.2 Å². The maximum absolute atomic E-state index is 14.4. The van der Waals surface area contributed by atoms with Crippen LogP contribution in [0.15, 0.2) is 36.5 Å². The van der Waals surface area contributed by atoms with E-state index in [4.69, 9.17) is 5.73 Å². The number of nitrogens with two attached hydrogens (primary N) is 1. The number of nitrogen functional groups attached to an aromatic ring is 1. The van der Waals surface area contributed by atoms with E-state index in [1.165, 1.54) is 12.1 Å². The standard InChI is InChI=1S/C24H26F2N8O/c25-19-6-1-7-20(21(19)26)34-23(30-31-32-34)18-12-17(14-29-22(18)27)15-5-3-10-33(11-8-15)24(35)16-4-2-9-28-13-16/h1,6-8,12,14,16,28H,2-5,9-11,13H2,(H2,27,29). The van der Waals surface area contributed by atoms with Crippen molar-refractivity contribution in [2.45, 2.75) is 25.7 Å². The Balaban J connectivity index is 1.43. The van der Waals surface area contributed by atoms with E-state index in [0.717, 1.165) is 60.7 Å². The number of carbonyl (C=O) groups is 1. The SMILES string of the molecule is Nc1ncc(C2=CCN(C(=O)C3CCCNC3)CCC2)cc1-c1nnnn1-c1cccc(F)c1F. The molecule has 3 N–H and O–H groups in total. The van der Waals surface area contributed by atoms with Crippen LogP contribution >= 0.6 is 0 Å². The molecule has 1 saturated heterocycles. The first kappa shape index (κ1) is 23.0. The van der Waals surface area contributed by atoms with Gasteiger partial charge in [0.05, 0.1) is 11.5 Å². The van der Waals surface area contributed by atoms with Crippen LogP contribution in [0.3, 0.4) is 0 Å². The number of allylic oxidation sites excluding steroid dienone is 1. The first-order valence-electron chi connectivity index (χ1n) is 11.7. The first-order chi connectivity index (χ1) is 17.0. The molecule has 1 fully saturated rings. The Kier molecular flexibility index (Phi) is 6.49. The molecule has 4 heterocycles. The quantitative estimate of drug-likeness (QED) is 0.590. The van der Waals surface area contributed by atoms with Crippen LogP contribution < -0.4 is 11.1 Å². The predicted octanol–water partition coefficient (Wildman–Crippen LogP) is 2.59.